The molecule has 1 saturated carbocycles. The van der Waals surface area contributed by atoms with Crippen molar-refractivity contribution in [3.05, 3.63) is 35.2 Å². The molecule has 128 valence electrons. The number of fused-ring (bicyclic) bond motifs is 1. The Hall–Kier alpha value is -0.710. The molecule has 1 atom stereocenters. The molecule has 1 fully saturated rings. The molecule has 1 heterocycles. The largest absolute Gasteiger partial charge is 0.600 e. The maximum Gasteiger partial charge on any atom is 0.600 e. The minimum atomic E-state index is -5.62. The molecule has 1 unspecified atom stereocenters. The van der Waals surface area contributed by atoms with E-state index in [4.69, 9.17) is 16.8 Å². The molecule has 0 saturated heterocycles. The predicted molar refractivity (Wildman–Crippen MR) is 68.9 cm³/mol. The van der Waals surface area contributed by atoms with Crippen LogP contribution in [0.1, 0.15) is 36.5 Å². The molecular formula is C14H14BrF3O4S. The Kier molecular flexibility index (Phi) is 5.70. The average molecular weight is 415 g/mol. The van der Waals surface area contributed by atoms with Crippen LogP contribution in [0.3, 0.4) is 0 Å². The number of hydrogen-bond donors (Lipinski definition) is 0. The monoisotopic (exact) mass is 414 g/mol. The fourth-order valence-corrected chi connectivity index (χ4v) is 5.04. The summed E-state index contributed by atoms with van der Waals surface area (Å²) < 4.78 is 74.7. The van der Waals surface area contributed by atoms with Crippen LogP contribution in [0.25, 0.3) is 10.1 Å². The summed E-state index contributed by atoms with van der Waals surface area (Å²) in [6.07, 6.45) is 3.96. The van der Waals surface area contributed by atoms with E-state index in [0.29, 0.717) is 9.58 Å². The van der Waals surface area contributed by atoms with Crippen LogP contribution in [0, 0.1) is 14.1 Å². The van der Waals surface area contributed by atoms with E-state index < -0.39 is 30.1 Å². The van der Waals surface area contributed by atoms with E-state index in [-0.39, 0.29) is 5.92 Å². The summed E-state index contributed by atoms with van der Waals surface area (Å²) in [7, 11) is -1.69. The summed E-state index contributed by atoms with van der Waals surface area (Å²) in [4.78, 5) is 0.626. The molecule has 23 heavy (non-hydrogen) atoms. The summed E-state index contributed by atoms with van der Waals surface area (Å²) in [5, 5.41) is 0.764. The second kappa shape index (κ2) is 7.04. The van der Waals surface area contributed by atoms with Crippen LogP contribution in [0.2, 0.25) is 0 Å². The maximum atomic E-state index is 13.3. The Morgan fingerprint density at radius 2 is 1.52 bits per heavy atom. The van der Waals surface area contributed by atoms with Gasteiger partial charge in [0.25, 0.3) is 0 Å². The Morgan fingerprint density at radius 3 is 2.04 bits per heavy atom. The number of alkyl halides is 3. The van der Waals surface area contributed by atoms with Crippen LogP contribution in [-0.4, -0.2) is 0 Å². The van der Waals surface area contributed by atoms with Crippen LogP contribution >= 0.6 is 10.5 Å². The molecular weight excluding hydrogens is 401 g/mol. The van der Waals surface area contributed by atoms with E-state index in [1.165, 1.54) is 0 Å². The molecule has 0 bridgehead atoms. The first kappa shape index (κ1) is 18.6. The molecule has 1 aliphatic carbocycles. The van der Waals surface area contributed by atoms with Gasteiger partial charge in [-0.2, -0.15) is 0 Å². The molecule has 4 nitrogen and oxygen atoms in total. The quantitative estimate of drug-likeness (QED) is 0.649. The van der Waals surface area contributed by atoms with E-state index in [1.807, 2.05) is 6.07 Å². The van der Waals surface area contributed by atoms with Gasteiger partial charge in [0.1, 0.15) is 0 Å². The van der Waals surface area contributed by atoms with E-state index in [0.717, 1.165) is 31.1 Å². The van der Waals surface area contributed by atoms with Gasteiger partial charge in [-0.25, -0.2) is 0 Å². The van der Waals surface area contributed by atoms with Crippen LogP contribution in [0.4, 0.5) is 13.2 Å². The highest BCUT2D eigenvalue weighted by Crippen LogP contribution is 2.55. The topological polar surface area (TPSA) is 92.2 Å². The van der Waals surface area contributed by atoms with Crippen molar-refractivity contribution in [2.24, 2.45) is 0 Å². The van der Waals surface area contributed by atoms with Gasteiger partial charge in [0.2, 0.25) is 0 Å². The van der Waals surface area contributed by atoms with Crippen LogP contribution < -0.4 is 16.8 Å². The Morgan fingerprint density at radius 1 is 1.00 bits per heavy atom. The highest BCUT2D eigenvalue weighted by molar-refractivity contribution is 7.38. The Balaban J connectivity index is 0.000000338. The highest BCUT2D eigenvalue weighted by atomic mass is 80.0. The van der Waals surface area contributed by atoms with Crippen molar-refractivity contribution in [1.29, 1.82) is 0 Å². The number of rotatable bonds is 1. The van der Waals surface area contributed by atoms with Gasteiger partial charge in [0.05, 0.1) is 24.6 Å². The van der Waals surface area contributed by atoms with Gasteiger partial charge in [-0.3, -0.25) is 16.8 Å². The summed E-state index contributed by atoms with van der Waals surface area (Å²) >= 11 is -5.62. The zero-order valence-electron chi connectivity index (χ0n) is 11.8. The van der Waals surface area contributed by atoms with Crippen molar-refractivity contribution >= 4 is 20.6 Å². The van der Waals surface area contributed by atoms with Crippen molar-refractivity contribution in [3.8, 4) is 0 Å². The first-order valence-electron chi connectivity index (χ1n) is 6.81. The zero-order chi connectivity index (χ0) is 17.3. The molecule has 3 rings (SSSR count). The van der Waals surface area contributed by atoms with Gasteiger partial charge in [-0.05, 0) is 25.0 Å². The molecule has 9 heteroatoms. The van der Waals surface area contributed by atoms with Crippen molar-refractivity contribution in [3.63, 3.8) is 0 Å². The van der Waals surface area contributed by atoms with Crippen molar-refractivity contribution in [2.75, 3.05) is 0 Å². The van der Waals surface area contributed by atoms with Crippen LogP contribution in [-0.2, 0) is 5.51 Å². The third-order valence-corrected chi connectivity index (χ3v) is 5.86. The minimum Gasteiger partial charge on any atom is -0.264 e. The van der Waals surface area contributed by atoms with Gasteiger partial charge in [0.15, 0.2) is 9.58 Å². The molecule has 0 amide bonds. The molecule has 1 aliphatic rings. The number of benzene rings is 1. The Labute approximate surface area is 137 Å². The first-order valence-corrected chi connectivity index (χ1v) is 10.6. The molecule has 2 aromatic rings. The fraction of sp³-hybridized carbons (Fsp3) is 0.429. The summed E-state index contributed by atoms with van der Waals surface area (Å²) in [6.45, 7) is 0. The first-order chi connectivity index (χ1) is 10.6. The lowest BCUT2D eigenvalue weighted by Crippen LogP contribution is -2.68. The van der Waals surface area contributed by atoms with Gasteiger partial charge in [-0.1, -0.05) is 25.0 Å². The second-order valence-electron chi connectivity index (χ2n) is 5.20. The highest BCUT2D eigenvalue weighted by Gasteiger charge is 2.49. The van der Waals surface area contributed by atoms with Crippen molar-refractivity contribution < 1.29 is 44.1 Å². The number of thiophene rings is 1. The van der Waals surface area contributed by atoms with E-state index in [1.54, 1.807) is 24.3 Å². The SMILES string of the molecule is FC(F)(F)[s+]1c(C2CCCC2)cc2ccccc21.[O-][Br+3]([O-])([O-])[O-]. The minimum absolute atomic E-state index is 0.141. The van der Waals surface area contributed by atoms with E-state index >= 15 is 0 Å². The summed E-state index contributed by atoms with van der Waals surface area (Å²) in [5.74, 6) is 0.141. The summed E-state index contributed by atoms with van der Waals surface area (Å²) in [5.41, 5.74) is -4.14. The normalized spacial score (nSPS) is 17.3. The van der Waals surface area contributed by atoms with Gasteiger partial charge < -0.3 is 0 Å². The molecule has 1 aromatic heterocycles. The lowest BCUT2D eigenvalue weighted by Gasteiger charge is -2.11. The lowest BCUT2D eigenvalue weighted by molar-refractivity contribution is -2.00. The van der Waals surface area contributed by atoms with E-state index in [9.17, 15) is 13.2 Å². The van der Waals surface area contributed by atoms with Crippen LogP contribution in [0.5, 0.6) is 0 Å². The maximum absolute atomic E-state index is 13.3. The van der Waals surface area contributed by atoms with Crippen molar-refractivity contribution in [2.45, 2.75) is 37.1 Å². The fourth-order valence-electron chi connectivity index (χ4n) is 2.88. The second-order valence-corrected chi connectivity index (χ2v) is 8.77. The average Bonchev–Trinajstić information content (AvgIpc) is 3.02. The van der Waals surface area contributed by atoms with Gasteiger partial charge >= 0.3 is 5.51 Å². The van der Waals surface area contributed by atoms with Gasteiger partial charge in [0, 0.05) is 17.4 Å². The molecule has 0 aliphatic heterocycles. The third-order valence-electron chi connectivity index (χ3n) is 3.66. The molecule has 1 aromatic carbocycles. The standard InChI is InChI=1S/C14H14F3S.BrO4/c15-14(16,17)18-12-8-4-3-7-11(12)9-13(18)10-5-1-2-6-10;2-1(3,4)5/h3-4,7-10H,1-2,5-6H2;/q+1;-1. The zero-order valence-corrected chi connectivity index (χ0v) is 14.2. The molecule has 0 spiro atoms. The van der Waals surface area contributed by atoms with E-state index in [2.05, 4.69) is 0 Å². The predicted octanol–water partition coefficient (Wildman–Crippen LogP) is 0.967. The van der Waals surface area contributed by atoms with Crippen LogP contribution in [0.15, 0.2) is 30.3 Å². The Bertz CT molecular complexity index is 654. The molecule has 0 radical (unpaired) electrons. The third kappa shape index (κ3) is 5.13. The summed E-state index contributed by atoms with van der Waals surface area (Å²) in [6, 6.07) is 8.73. The van der Waals surface area contributed by atoms with Crippen molar-refractivity contribution in [1.82, 2.24) is 0 Å². The smallest absolute Gasteiger partial charge is 0.264 e. The lowest BCUT2D eigenvalue weighted by atomic mass is 10.1. The number of halogens is 4. The number of hydrogen-bond acceptors (Lipinski definition) is 4. The molecule has 0 N–H and O–H groups in total. The van der Waals surface area contributed by atoms with Gasteiger partial charge in [-0.15, -0.1) is 13.2 Å².